The normalized spacial score (nSPS) is 14.4. The van der Waals surface area contributed by atoms with Crippen molar-refractivity contribution in [1.29, 1.82) is 0 Å². The average molecular weight is 469 g/mol. The van der Waals surface area contributed by atoms with Gasteiger partial charge in [0.15, 0.2) is 0 Å². The molecule has 2 aliphatic heterocycles. The molecule has 0 atom stereocenters. The van der Waals surface area contributed by atoms with Gasteiger partial charge in [-0.1, -0.05) is 0 Å². The van der Waals surface area contributed by atoms with Crippen LogP contribution in [0.2, 0.25) is 0 Å². The van der Waals surface area contributed by atoms with Crippen molar-refractivity contribution in [3.05, 3.63) is 89.0 Å². The van der Waals surface area contributed by atoms with Gasteiger partial charge in [0.1, 0.15) is 17.4 Å². The highest BCUT2D eigenvalue weighted by Crippen LogP contribution is 2.22. The minimum absolute atomic E-state index is 0.0710. The van der Waals surface area contributed by atoms with E-state index < -0.39 is 11.8 Å². The van der Waals surface area contributed by atoms with Crippen LogP contribution in [0.15, 0.2) is 76.7 Å². The minimum atomic E-state index is -0.474. The van der Waals surface area contributed by atoms with Crippen LogP contribution in [0.3, 0.4) is 0 Å². The Morgan fingerprint density at radius 1 is 0.714 bits per heavy atom. The SMILES string of the molecule is O=C(Nc1ccc(C2=NCCN2)cc1)c1ccc(C(=O)Nc2ccc(C3=NCCN3)cc2)c(O)c1. The zero-order valence-electron chi connectivity index (χ0n) is 18.8. The highest BCUT2D eigenvalue weighted by molar-refractivity contribution is 6.09. The van der Waals surface area contributed by atoms with Gasteiger partial charge in [0.05, 0.1) is 18.7 Å². The van der Waals surface area contributed by atoms with E-state index in [-0.39, 0.29) is 16.9 Å². The number of anilines is 2. The molecule has 0 spiro atoms. The molecule has 9 heteroatoms. The number of phenolic OH excluding ortho intramolecular Hbond substituents is 1. The molecule has 2 heterocycles. The zero-order chi connectivity index (χ0) is 24.2. The van der Waals surface area contributed by atoms with E-state index in [9.17, 15) is 14.7 Å². The number of amides is 2. The maximum Gasteiger partial charge on any atom is 0.259 e. The first kappa shape index (κ1) is 22.1. The predicted molar refractivity (Wildman–Crippen MR) is 136 cm³/mol. The van der Waals surface area contributed by atoms with E-state index in [4.69, 9.17) is 0 Å². The summed E-state index contributed by atoms with van der Waals surface area (Å²) in [5.41, 5.74) is 3.40. The molecular formula is C26H24N6O3. The van der Waals surface area contributed by atoms with Crippen molar-refractivity contribution in [1.82, 2.24) is 10.6 Å². The molecular weight excluding hydrogens is 444 g/mol. The van der Waals surface area contributed by atoms with Gasteiger partial charge in [-0.2, -0.15) is 0 Å². The zero-order valence-corrected chi connectivity index (χ0v) is 18.8. The topological polar surface area (TPSA) is 127 Å². The molecule has 0 radical (unpaired) electrons. The maximum absolute atomic E-state index is 12.7. The molecule has 9 nitrogen and oxygen atoms in total. The van der Waals surface area contributed by atoms with Crippen molar-refractivity contribution in [3.8, 4) is 5.75 Å². The number of hydrogen-bond acceptors (Lipinski definition) is 7. The number of aliphatic imine (C=N–C) groups is 2. The molecule has 2 aliphatic rings. The summed E-state index contributed by atoms with van der Waals surface area (Å²) >= 11 is 0. The summed E-state index contributed by atoms with van der Waals surface area (Å²) in [6.45, 7) is 3.15. The third kappa shape index (κ3) is 4.98. The lowest BCUT2D eigenvalue weighted by Crippen LogP contribution is -2.19. The number of carbonyl (C=O) groups excluding carboxylic acids is 2. The van der Waals surface area contributed by atoms with Crippen LogP contribution in [-0.2, 0) is 0 Å². The Bertz CT molecular complexity index is 1330. The Morgan fingerprint density at radius 2 is 1.23 bits per heavy atom. The van der Waals surface area contributed by atoms with Gasteiger partial charge >= 0.3 is 0 Å². The summed E-state index contributed by atoms with van der Waals surface area (Å²) in [6.07, 6.45) is 0. The standard InChI is InChI=1S/C26H24N6O3/c33-22-15-18(25(34)31-19-6-1-16(2-7-19)23-27-11-12-28-23)5-10-21(22)26(35)32-20-8-3-17(4-9-20)24-29-13-14-30-24/h1-10,15,33H,11-14H2,(H,27,28)(H,29,30)(H,31,34)(H,32,35). The number of aromatic hydroxyl groups is 1. The second-order valence-corrected chi connectivity index (χ2v) is 8.11. The molecule has 0 unspecified atom stereocenters. The number of benzene rings is 3. The molecule has 0 aromatic heterocycles. The van der Waals surface area contributed by atoms with Gasteiger partial charge in [-0.05, 0) is 66.7 Å². The van der Waals surface area contributed by atoms with E-state index in [1.807, 2.05) is 24.3 Å². The number of nitrogens with zero attached hydrogens (tertiary/aromatic N) is 2. The van der Waals surface area contributed by atoms with Crippen LogP contribution >= 0.6 is 0 Å². The second-order valence-electron chi connectivity index (χ2n) is 8.11. The number of rotatable bonds is 6. The van der Waals surface area contributed by atoms with Crippen molar-refractivity contribution < 1.29 is 14.7 Å². The van der Waals surface area contributed by atoms with Crippen LogP contribution in [0, 0.1) is 0 Å². The fraction of sp³-hybridized carbons (Fsp3) is 0.154. The van der Waals surface area contributed by atoms with E-state index >= 15 is 0 Å². The van der Waals surface area contributed by atoms with Crippen molar-refractivity contribution in [2.75, 3.05) is 36.8 Å². The van der Waals surface area contributed by atoms with Crippen LogP contribution in [0.5, 0.6) is 5.75 Å². The average Bonchev–Trinajstić information content (AvgIpc) is 3.60. The Labute approximate surface area is 202 Å². The van der Waals surface area contributed by atoms with Crippen LogP contribution in [0.1, 0.15) is 31.8 Å². The Balaban J connectivity index is 1.22. The third-order valence-corrected chi connectivity index (χ3v) is 5.69. The number of amidine groups is 2. The monoisotopic (exact) mass is 468 g/mol. The summed E-state index contributed by atoms with van der Waals surface area (Å²) in [4.78, 5) is 34.1. The van der Waals surface area contributed by atoms with E-state index in [2.05, 4.69) is 31.3 Å². The summed E-state index contributed by atoms with van der Waals surface area (Å²) < 4.78 is 0. The van der Waals surface area contributed by atoms with Gasteiger partial charge in [-0.3, -0.25) is 19.6 Å². The molecule has 5 N–H and O–H groups in total. The molecule has 2 amide bonds. The van der Waals surface area contributed by atoms with Crippen molar-refractivity contribution in [3.63, 3.8) is 0 Å². The molecule has 0 saturated carbocycles. The quantitative estimate of drug-likeness (QED) is 0.380. The first-order valence-corrected chi connectivity index (χ1v) is 11.3. The van der Waals surface area contributed by atoms with E-state index in [1.165, 1.54) is 18.2 Å². The number of phenols is 1. The van der Waals surface area contributed by atoms with Gasteiger partial charge in [0.2, 0.25) is 0 Å². The fourth-order valence-corrected chi connectivity index (χ4v) is 3.87. The first-order chi connectivity index (χ1) is 17.1. The number of carbonyl (C=O) groups is 2. The molecule has 5 rings (SSSR count). The highest BCUT2D eigenvalue weighted by Gasteiger charge is 2.16. The molecule has 176 valence electrons. The Hall–Kier alpha value is -4.66. The third-order valence-electron chi connectivity index (χ3n) is 5.69. The Morgan fingerprint density at radius 3 is 1.69 bits per heavy atom. The van der Waals surface area contributed by atoms with Gasteiger partial charge in [0.25, 0.3) is 11.8 Å². The molecule has 3 aromatic carbocycles. The van der Waals surface area contributed by atoms with Crippen LogP contribution in [0.25, 0.3) is 0 Å². The smallest absolute Gasteiger partial charge is 0.259 e. The predicted octanol–water partition coefficient (Wildman–Crippen LogP) is 2.60. The van der Waals surface area contributed by atoms with Crippen LogP contribution in [0.4, 0.5) is 11.4 Å². The molecule has 0 fully saturated rings. The van der Waals surface area contributed by atoms with Crippen LogP contribution in [-0.4, -0.2) is 54.8 Å². The number of nitrogens with one attached hydrogen (secondary N) is 4. The summed E-state index contributed by atoms with van der Waals surface area (Å²) in [7, 11) is 0. The highest BCUT2D eigenvalue weighted by atomic mass is 16.3. The van der Waals surface area contributed by atoms with Gasteiger partial charge in [-0.25, -0.2) is 0 Å². The van der Waals surface area contributed by atoms with Crippen LogP contribution < -0.4 is 21.3 Å². The van der Waals surface area contributed by atoms with Crippen molar-refractivity contribution in [2.24, 2.45) is 9.98 Å². The van der Waals surface area contributed by atoms with Crippen molar-refractivity contribution >= 4 is 34.9 Å². The van der Waals surface area contributed by atoms with E-state index in [0.717, 1.165) is 49.0 Å². The lowest BCUT2D eigenvalue weighted by Gasteiger charge is -2.10. The lowest BCUT2D eigenvalue weighted by molar-refractivity contribution is 0.101. The number of hydrogen-bond donors (Lipinski definition) is 5. The van der Waals surface area contributed by atoms with E-state index in [0.29, 0.717) is 11.4 Å². The largest absolute Gasteiger partial charge is 0.507 e. The summed E-state index contributed by atoms with van der Waals surface area (Å²) in [6, 6.07) is 18.8. The molecule has 3 aromatic rings. The maximum atomic E-state index is 12.7. The first-order valence-electron chi connectivity index (χ1n) is 11.3. The minimum Gasteiger partial charge on any atom is -0.507 e. The van der Waals surface area contributed by atoms with Crippen molar-refractivity contribution in [2.45, 2.75) is 0 Å². The van der Waals surface area contributed by atoms with Gasteiger partial charge < -0.3 is 26.4 Å². The molecule has 0 aliphatic carbocycles. The lowest BCUT2D eigenvalue weighted by atomic mass is 10.1. The molecule has 0 bridgehead atoms. The molecule has 0 saturated heterocycles. The summed E-state index contributed by atoms with van der Waals surface area (Å²) in [5, 5.41) is 22.4. The van der Waals surface area contributed by atoms with E-state index in [1.54, 1.807) is 24.3 Å². The van der Waals surface area contributed by atoms with Gasteiger partial charge in [-0.15, -0.1) is 0 Å². The Kier molecular flexibility index (Phi) is 6.13. The molecule has 35 heavy (non-hydrogen) atoms. The fourth-order valence-electron chi connectivity index (χ4n) is 3.87. The van der Waals surface area contributed by atoms with Gasteiger partial charge in [0, 0.05) is 41.2 Å². The summed E-state index contributed by atoms with van der Waals surface area (Å²) in [5.74, 6) is 0.535. The second kappa shape index (κ2) is 9.68.